The van der Waals surface area contributed by atoms with Crippen molar-refractivity contribution in [2.45, 2.75) is 12.3 Å². The highest BCUT2D eigenvalue weighted by atomic mass is 19.4. The first-order valence-electron chi connectivity index (χ1n) is 5.06. The molecular weight excluding hydrogens is 235 g/mol. The van der Waals surface area contributed by atoms with E-state index in [4.69, 9.17) is 4.74 Å². The summed E-state index contributed by atoms with van der Waals surface area (Å²) in [5.41, 5.74) is -0.722. The number of benzene rings is 1. The van der Waals surface area contributed by atoms with Gasteiger partial charge in [-0.25, -0.2) is 0 Å². The summed E-state index contributed by atoms with van der Waals surface area (Å²) in [4.78, 5) is 0. The van der Waals surface area contributed by atoms with Crippen LogP contribution < -0.4 is 10.1 Å². The predicted octanol–water partition coefficient (Wildman–Crippen LogP) is 1.66. The van der Waals surface area contributed by atoms with Gasteiger partial charge in [-0.3, -0.25) is 0 Å². The summed E-state index contributed by atoms with van der Waals surface area (Å²) in [5, 5.41) is 12.1. The number of likely N-dealkylation sites (N-methyl/N-ethyl adjacent to an activating group) is 1. The zero-order chi connectivity index (χ0) is 12.9. The molecule has 17 heavy (non-hydrogen) atoms. The molecule has 3 nitrogen and oxygen atoms in total. The van der Waals surface area contributed by atoms with Gasteiger partial charge in [0.05, 0.1) is 5.56 Å². The fourth-order valence-electron chi connectivity index (χ4n) is 1.23. The Hall–Kier alpha value is -1.27. The lowest BCUT2D eigenvalue weighted by Gasteiger charge is -2.12. The third-order valence-corrected chi connectivity index (χ3v) is 2.06. The Balaban J connectivity index is 2.51. The van der Waals surface area contributed by atoms with Crippen LogP contribution in [0.1, 0.15) is 5.56 Å². The minimum atomic E-state index is -4.34. The summed E-state index contributed by atoms with van der Waals surface area (Å²) >= 11 is 0. The van der Waals surface area contributed by atoms with Gasteiger partial charge in [-0.05, 0) is 31.3 Å². The Bertz CT molecular complexity index is 338. The average Bonchev–Trinajstić information content (AvgIpc) is 2.26. The molecule has 1 atom stereocenters. The van der Waals surface area contributed by atoms with Crippen LogP contribution >= 0.6 is 0 Å². The van der Waals surface area contributed by atoms with Crippen LogP contribution in [0.5, 0.6) is 5.75 Å². The summed E-state index contributed by atoms with van der Waals surface area (Å²) in [6, 6.07) is 4.35. The van der Waals surface area contributed by atoms with Crippen molar-refractivity contribution in [3.05, 3.63) is 29.8 Å². The number of halogens is 3. The van der Waals surface area contributed by atoms with Crippen LogP contribution in [0.25, 0.3) is 0 Å². The van der Waals surface area contributed by atoms with Gasteiger partial charge in [-0.1, -0.05) is 0 Å². The maximum atomic E-state index is 12.2. The van der Waals surface area contributed by atoms with Crippen molar-refractivity contribution < 1.29 is 23.0 Å². The Morgan fingerprint density at radius 2 is 1.88 bits per heavy atom. The summed E-state index contributed by atoms with van der Waals surface area (Å²) in [6.45, 7) is 0.396. The summed E-state index contributed by atoms with van der Waals surface area (Å²) in [5.74, 6) is 0.299. The van der Waals surface area contributed by atoms with Crippen molar-refractivity contribution in [3.63, 3.8) is 0 Å². The fourth-order valence-corrected chi connectivity index (χ4v) is 1.23. The fraction of sp³-hybridized carbons (Fsp3) is 0.455. The number of nitrogens with one attached hydrogen (secondary N) is 1. The molecule has 0 aliphatic rings. The topological polar surface area (TPSA) is 41.5 Å². The maximum Gasteiger partial charge on any atom is 0.416 e. The number of aliphatic hydroxyl groups excluding tert-OH is 1. The van der Waals surface area contributed by atoms with E-state index in [-0.39, 0.29) is 6.61 Å². The molecule has 0 aromatic heterocycles. The van der Waals surface area contributed by atoms with E-state index in [0.717, 1.165) is 12.1 Å². The van der Waals surface area contributed by atoms with E-state index in [9.17, 15) is 18.3 Å². The van der Waals surface area contributed by atoms with Crippen LogP contribution in [-0.4, -0.2) is 31.4 Å². The zero-order valence-corrected chi connectivity index (χ0v) is 9.29. The molecule has 0 amide bonds. The number of ether oxygens (including phenoxy) is 1. The van der Waals surface area contributed by atoms with E-state index in [1.165, 1.54) is 12.1 Å². The van der Waals surface area contributed by atoms with Gasteiger partial charge in [0, 0.05) is 6.54 Å². The van der Waals surface area contributed by atoms with Gasteiger partial charge in [0.25, 0.3) is 0 Å². The first-order chi connectivity index (χ1) is 7.93. The van der Waals surface area contributed by atoms with Gasteiger partial charge >= 0.3 is 6.18 Å². The molecule has 0 unspecified atom stereocenters. The lowest BCUT2D eigenvalue weighted by atomic mass is 10.2. The maximum absolute atomic E-state index is 12.2. The highest BCUT2D eigenvalue weighted by Gasteiger charge is 2.29. The molecule has 0 saturated heterocycles. The first kappa shape index (κ1) is 13.8. The van der Waals surface area contributed by atoms with Crippen LogP contribution in [0.3, 0.4) is 0 Å². The van der Waals surface area contributed by atoms with Crippen molar-refractivity contribution in [3.8, 4) is 5.75 Å². The second kappa shape index (κ2) is 5.88. The third-order valence-electron chi connectivity index (χ3n) is 2.06. The third kappa shape index (κ3) is 4.62. The summed E-state index contributed by atoms with van der Waals surface area (Å²) in [7, 11) is 1.68. The highest BCUT2D eigenvalue weighted by Crippen LogP contribution is 2.30. The minimum Gasteiger partial charge on any atom is -0.491 e. The van der Waals surface area contributed by atoms with Crippen LogP contribution in [0, 0.1) is 0 Å². The lowest BCUT2D eigenvalue weighted by Crippen LogP contribution is -2.29. The Labute approximate surface area is 97.2 Å². The molecule has 0 radical (unpaired) electrons. The second-order valence-corrected chi connectivity index (χ2v) is 3.54. The highest BCUT2D eigenvalue weighted by molar-refractivity contribution is 5.28. The molecule has 2 N–H and O–H groups in total. The Morgan fingerprint density at radius 3 is 2.35 bits per heavy atom. The molecular formula is C11H14F3NO2. The van der Waals surface area contributed by atoms with Crippen LogP contribution in [0.2, 0.25) is 0 Å². The molecule has 0 fully saturated rings. The van der Waals surface area contributed by atoms with E-state index < -0.39 is 17.8 Å². The number of rotatable bonds is 5. The lowest BCUT2D eigenvalue weighted by molar-refractivity contribution is -0.137. The Morgan fingerprint density at radius 1 is 1.29 bits per heavy atom. The molecule has 0 saturated carbocycles. The van der Waals surface area contributed by atoms with E-state index in [1.807, 2.05) is 0 Å². The van der Waals surface area contributed by atoms with Crippen LogP contribution in [0.4, 0.5) is 13.2 Å². The number of hydrogen-bond acceptors (Lipinski definition) is 3. The number of alkyl halides is 3. The van der Waals surface area contributed by atoms with Gasteiger partial charge in [-0.2, -0.15) is 13.2 Å². The van der Waals surface area contributed by atoms with Crippen molar-refractivity contribution >= 4 is 0 Å². The molecule has 6 heteroatoms. The van der Waals surface area contributed by atoms with E-state index in [2.05, 4.69) is 5.32 Å². The van der Waals surface area contributed by atoms with E-state index in [1.54, 1.807) is 7.05 Å². The molecule has 0 aliphatic heterocycles. The number of hydrogen-bond donors (Lipinski definition) is 2. The van der Waals surface area contributed by atoms with Crippen molar-refractivity contribution in [2.24, 2.45) is 0 Å². The van der Waals surface area contributed by atoms with Gasteiger partial charge in [0.1, 0.15) is 18.5 Å². The van der Waals surface area contributed by atoms with Crippen molar-refractivity contribution in [2.75, 3.05) is 20.2 Å². The molecule has 0 bridgehead atoms. The van der Waals surface area contributed by atoms with Crippen molar-refractivity contribution in [1.29, 1.82) is 0 Å². The van der Waals surface area contributed by atoms with E-state index in [0.29, 0.717) is 12.3 Å². The average molecular weight is 249 g/mol. The van der Waals surface area contributed by atoms with Crippen molar-refractivity contribution in [1.82, 2.24) is 5.32 Å². The second-order valence-electron chi connectivity index (χ2n) is 3.54. The SMILES string of the molecule is CNC[C@@H](O)COc1ccc(C(F)(F)F)cc1. The predicted molar refractivity (Wildman–Crippen MR) is 56.9 cm³/mol. The normalized spacial score (nSPS) is 13.5. The first-order valence-corrected chi connectivity index (χ1v) is 5.06. The molecule has 1 aromatic rings. The molecule has 0 spiro atoms. The van der Waals surface area contributed by atoms with Gasteiger partial charge in [0.2, 0.25) is 0 Å². The number of aliphatic hydroxyl groups is 1. The molecule has 0 heterocycles. The standard InChI is InChI=1S/C11H14F3NO2/c1-15-6-9(16)7-17-10-4-2-8(3-5-10)11(12,13)14/h2-5,9,15-16H,6-7H2,1H3/t9-/m1/s1. The van der Waals surface area contributed by atoms with Gasteiger partial charge in [0.15, 0.2) is 0 Å². The monoisotopic (exact) mass is 249 g/mol. The van der Waals surface area contributed by atoms with Crippen LogP contribution in [-0.2, 0) is 6.18 Å². The van der Waals surface area contributed by atoms with Gasteiger partial charge in [-0.15, -0.1) is 0 Å². The van der Waals surface area contributed by atoms with Gasteiger partial charge < -0.3 is 15.2 Å². The summed E-state index contributed by atoms with van der Waals surface area (Å²) < 4.78 is 41.9. The minimum absolute atomic E-state index is 0.0339. The molecule has 1 aromatic carbocycles. The summed E-state index contributed by atoms with van der Waals surface area (Å²) in [6.07, 6.45) is -5.04. The Kier molecular flexibility index (Phi) is 4.77. The molecule has 0 aliphatic carbocycles. The van der Waals surface area contributed by atoms with Crippen LogP contribution in [0.15, 0.2) is 24.3 Å². The largest absolute Gasteiger partial charge is 0.491 e. The van der Waals surface area contributed by atoms with E-state index >= 15 is 0 Å². The molecule has 96 valence electrons. The zero-order valence-electron chi connectivity index (χ0n) is 9.29. The molecule has 1 rings (SSSR count). The smallest absolute Gasteiger partial charge is 0.416 e. The quantitative estimate of drug-likeness (QED) is 0.834.